The molecule has 0 aliphatic carbocycles. The molecule has 2 aromatic rings. The van der Waals surface area contributed by atoms with E-state index in [1.165, 1.54) is 6.26 Å². The Balaban J connectivity index is 2.09. The number of aromatic nitrogens is 2. The highest BCUT2D eigenvalue weighted by Gasteiger charge is 2.13. The van der Waals surface area contributed by atoms with Crippen LogP contribution in [0.2, 0.25) is 0 Å². The molecule has 5 nitrogen and oxygen atoms in total. The SMILES string of the molecule is CC(C)(C)n1cc(CNc2cccc(S(C)(=O)=O)c2)cn1. The average molecular weight is 307 g/mol. The van der Waals surface area contributed by atoms with E-state index in [-0.39, 0.29) is 5.54 Å². The van der Waals surface area contributed by atoms with Gasteiger partial charge >= 0.3 is 0 Å². The Labute approximate surface area is 125 Å². The van der Waals surface area contributed by atoms with E-state index in [1.54, 1.807) is 18.2 Å². The smallest absolute Gasteiger partial charge is 0.175 e. The van der Waals surface area contributed by atoms with E-state index in [1.807, 2.05) is 23.1 Å². The first kappa shape index (κ1) is 15.6. The maximum absolute atomic E-state index is 11.5. The van der Waals surface area contributed by atoms with Crippen LogP contribution in [0.4, 0.5) is 5.69 Å². The quantitative estimate of drug-likeness (QED) is 0.943. The molecule has 6 heteroatoms. The lowest BCUT2D eigenvalue weighted by atomic mass is 10.1. The summed E-state index contributed by atoms with van der Waals surface area (Å²) < 4.78 is 25.0. The van der Waals surface area contributed by atoms with Gasteiger partial charge in [0.1, 0.15) is 0 Å². The molecule has 0 atom stereocenters. The fraction of sp³-hybridized carbons (Fsp3) is 0.400. The van der Waals surface area contributed by atoms with Crippen molar-refractivity contribution in [1.82, 2.24) is 9.78 Å². The molecule has 1 aromatic heterocycles. The Hall–Kier alpha value is -1.82. The second-order valence-corrected chi connectivity index (χ2v) is 8.13. The zero-order chi connectivity index (χ0) is 15.7. The summed E-state index contributed by atoms with van der Waals surface area (Å²) in [6, 6.07) is 6.82. The standard InChI is InChI=1S/C15H21N3O2S/c1-15(2,3)18-11-12(10-17-18)9-16-13-6-5-7-14(8-13)21(4,19)20/h5-8,10-11,16H,9H2,1-4H3. The number of benzene rings is 1. The monoisotopic (exact) mass is 307 g/mol. The molecule has 0 bridgehead atoms. The molecule has 2 rings (SSSR count). The van der Waals surface area contributed by atoms with Gasteiger partial charge in [-0.3, -0.25) is 4.68 Å². The molecule has 0 radical (unpaired) electrons. The Kier molecular flexibility index (Phi) is 4.09. The number of hydrogen-bond acceptors (Lipinski definition) is 4. The summed E-state index contributed by atoms with van der Waals surface area (Å²) in [5.41, 5.74) is 1.78. The van der Waals surface area contributed by atoms with Gasteiger partial charge in [0.15, 0.2) is 9.84 Å². The Morgan fingerprint density at radius 3 is 2.57 bits per heavy atom. The second kappa shape index (κ2) is 5.52. The third-order valence-corrected chi connectivity index (χ3v) is 4.19. The number of anilines is 1. The minimum atomic E-state index is -3.18. The van der Waals surface area contributed by atoms with Crippen LogP contribution in [-0.2, 0) is 21.9 Å². The number of nitrogens with zero attached hydrogens (tertiary/aromatic N) is 2. The summed E-state index contributed by atoms with van der Waals surface area (Å²) in [6.45, 7) is 6.87. The predicted molar refractivity (Wildman–Crippen MR) is 84.1 cm³/mol. The maximum Gasteiger partial charge on any atom is 0.175 e. The topological polar surface area (TPSA) is 64.0 Å². The normalized spacial score (nSPS) is 12.4. The minimum absolute atomic E-state index is 0.0472. The molecular weight excluding hydrogens is 286 g/mol. The molecule has 0 fully saturated rings. The molecular formula is C15H21N3O2S. The molecule has 1 aromatic carbocycles. The first-order valence-corrected chi connectivity index (χ1v) is 8.63. The molecule has 0 amide bonds. The van der Waals surface area contributed by atoms with Gasteiger partial charge in [0.05, 0.1) is 16.6 Å². The molecule has 0 spiro atoms. The van der Waals surface area contributed by atoms with Crippen LogP contribution in [-0.4, -0.2) is 24.5 Å². The highest BCUT2D eigenvalue weighted by atomic mass is 32.2. The van der Waals surface area contributed by atoms with Gasteiger partial charge in [-0.05, 0) is 39.0 Å². The van der Waals surface area contributed by atoms with Crippen molar-refractivity contribution < 1.29 is 8.42 Å². The van der Waals surface area contributed by atoms with Crippen LogP contribution in [0, 0.1) is 0 Å². The molecule has 0 saturated heterocycles. The van der Waals surface area contributed by atoms with Gasteiger partial charge in [-0.2, -0.15) is 5.10 Å². The Bertz CT molecular complexity index is 727. The molecule has 0 aliphatic rings. The van der Waals surface area contributed by atoms with E-state index < -0.39 is 9.84 Å². The van der Waals surface area contributed by atoms with E-state index in [9.17, 15) is 8.42 Å². The van der Waals surface area contributed by atoms with E-state index in [4.69, 9.17) is 0 Å². The zero-order valence-electron chi connectivity index (χ0n) is 12.8. The fourth-order valence-corrected chi connectivity index (χ4v) is 2.53. The lowest BCUT2D eigenvalue weighted by Crippen LogP contribution is -2.21. The number of nitrogens with one attached hydrogen (secondary N) is 1. The Morgan fingerprint density at radius 1 is 1.29 bits per heavy atom. The summed E-state index contributed by atoms with van der Waals surface area (Å²) >= 11 is 0. The third kappa shape index (κ3) is 4.07. The van der Waals surface area contributed by atoms with Gasteiger partial charge in [-0.15, -0.1) is 0 Å². The van der Waals surface area contributed by atoms with E-state index in [2.05, 4.69) is 31.2 Å². The van der Waals surface area contributed by atoms with Gasteiger partial charge in [-0.25, -0.2) is 8.42 Å². The van der Waals surface area contributed by atoms with Crippen molar-refractivity contribution in [2.24, 2.45) is 0 Å². The molecule has 0 aliphatic heterocycles. The number of sulfone groups is 1. The first-order valence-electron chi connectivity index (χ1n) is 6.74. The van der Waals surface area contributed by atoms with Gasteiger partial charge in [0.2, 0.25) is 0 Å². The molecule has 1 N–H and O–H groups in total. The van der Waals surface area contributed by atoms with Crippen molar-refractivity contribution in [2.75, 3.05) is 11.6 Å². The van der Waals surface area contributed by atoms with Crippen molar-refractivity contribution in [3.8, 4) is 0 Å². The fourth-order valence-electron chi connectivity index (χ4n) is 1.86. The van der Waals surface area contributed by atoms with E-state index in [0.717, 1.165) is 11.3 Å². The lowest BCUT2D eigenvalue weighted by molar-refractivity contribution is 0.355. The molecule has 1 heterocycles. The molecule has 0 unspecified atom stereocenters. The van der Waals surface area contributed by atoms with Crippen LogP contribution in [0.3, 0.4) is 0 Å². The van der Waals surface area contributed by atoms with Gasteiger partial charge in [0.25, 0.3) is 0 Å². The average Bonchev–Trinajstić information content (AvgIpc) is 2.84. The van der Waals surface area contributed by atoms with Gasteiger partial charge in [0, 0.05) is 30.2 Å². The third-order valence-electron chi connectivity index (χ3n) is 3.08. The molecule has 21 heavy (non-hydrogen) atoms. The van der Waals surface area contributed by atoms with Crippen molar-refractivity contribution in [2.45, 2.75) is 37.8 Å². The summed E-state index contributed by atoms with van der Waals surface area (Å²) in [5, 5.41) is 7.56. The second-order valence-electron chi connectivity index (χ2n) is 6.12. The van der Waals surface area contributed by atoms with Crippen LogP contribution in [0.1, 0.15) is 26.3 Å². The van der Waals surface area contributed by atoms with Crippen LogP contribution >= 0.6 is 0 Å². The first-order chi connectivity index (χ1) is 9.66. The highest BCUT2D eigenvalue weighted by molar-refractivity contribution is 7.90. The molecule has 114 valence electrons. The Morgan fingerprint density at radius 2 is 2.00 bits per heavy atom. The lowest BCUT2D eigenvalue weighted by Gasteiger charge is -2.18. The maximum atomic E-state index is 11.5. The highest BCUT2D eigenvalue weighted by Crippen LogP contribution is 2.17. The molecule has 0 saturated carbocycles. The summed E-state index contributed by atoms with van der Waals surface area (Å²) in [6.07, 6.45) is 5.02. The van der Waals surface area contributed by atoms with Crippen LogP contribution in [0.15, 0.2) is 41.6 Å². The predicted octanol–water partition coefficient (Wildman–Crippen LogP) is 2.65. The van der Waals surface area contributed by atoms with E-state index in [0.29, 0.717) is 11.4 Å². The van der Waals surface area contributed by atoms with Crippen molar-refractivity contribution in [3.63, 3.8) is 0 Å². The summed E-state index contributed by atoms with van der Waals surface area (Å²) in [5.74, 6) is 0. The van der Waals surface area contributed by atoms with Crippen LogP contribution in [0.25, 0.3) is 0 Å². The summed E-state index contributed by atoms with van der Waals surface area (Å²) in [7, 11) is -3.18. The van der Waals surface area contributed by atoms with Crippen molar-refractivity contribution >= 4 is 15.5 Å². The van der Waals surface area contributed by atoms with E-state index >= 15 is 0 Å². The zero-order valence-corrected chi connectivity index (χ0v) is 13.6. The number of hydrogen-bond donors (Lipinski definition) is 1. The van der Waals surface area contributed by atoms with Gasteiger partial charge in [-0.1, -0.05) is 6.07 Å². The van der Waals surface area contributed by atoms with Gasteiger partial charge < -0.3 is 5.32 Å². The van der Waals surface area contributed by atoms with Crippen LogP contribution < -0.4 is 5.32 Å². The van der Waals surface area contributed by atoms with Crippen molar-refractivity contribution in [1.29, 1.82) is 0 Å². The largest absolute Gasteiger partial charge is 0.381 e. The summed E-state index contributed by atoms with van der Waals surface area (Å²) in [4.78, 5) is 0.317. The minimum Gasteiger partial charge on any atom is -0.381 e. The number of rotatable bonds is 4. The van der Waals surface area contributed by atoms with Crippen molar-refractivity contribution in [3.05, 3.63) is 42.2 Å². The van der Waals surface area contributed by atoms with Crippen LogP contribution in [0.5, 0.6) is 0 Å².